The highest BCUT2D eigenvalue weighted by Gasteiger charge is 2.43. The van der Waals surface area contributed by atoms with Crippen molar-refractivity contribution in [3.05, 3.63) is 29.3 Å². The molecule has 3 aliphatic rings. The summed E-state index contributed by atoms with van der Waals surface area (Å²) in [5, 5.41) is 0. The Balaban J connectivity index is 1.48. The second-order valence-electron chi connectivity index (χ2n) is 6.98. The number of fused-ring (bicyclic) bond motifs is 1. The lowest BCUT2D eigenvalue weighted by Crippen LogP contribution is -2.48. The molecule has 0 bridgehead atoms. The summed E-state index contributed by atoms with van der Waals surface area (Å²) in [6.07, 6.45) is 9.54. The van der Waals surface area contributed by atoms with Gasteiger partial charge in [0.15, 0.2) is 0 Å². The van der Waals surface area contributed by atoms with Crippen LogP contribution in [0.5, 0.6) is 5.75 Å². The minimum absolute atomic E-state index is 0.146. The minimum Gasteiger partial charge on any atom is -0.490 e. The first kappa shape index (κ1) is 13.6. The molecule has 114 valence electrons. The molecule has 2 fully saturated rings. The normalized spacial score (nSPS) is 30.5. The van der Waals surface area contributed by atoms with Gasteiger partial charge in [0, 0.05) is 18.9 Å². The van der Waals surface area contributed by atoms with Crippen molar-refractivity contribution >= 4 is 0 Å². The minimum atomic E-state index is 0.146. The first-order valence-corrected chi connectivity index (χ1v) is 8.43. The molecule has 2 atom stereocenters. The van der Waals surface area contributed by atoms with Crippen LogP contribution in [0.4, 0.5) is 0 Å². The average molecular weight is 287 g/mol. The number of benzene rings is 1. The lowest BCUT2D eigenvalue weighted by atomic mass is 9.74. The lowest BCUT2D eigenvalue weighted by molar-refractivity contribution is -0.153. The number of hydrogen-bond donors (Lipinski definition) is 1. The molecule has 1 aromatic carbocycles. The van der Waals surface area contributed by atoms with Gasteiger partial charge in [0.2, 0.25) is 0 Å². The number of nitrogens with two attached hydrogens (primary N) is 1. The standard InChI is InChI=1S/C18H25NO2/c19-17-4-1-3-13-5-6-14(11-16(13)17)21-15-7-10-20-18(12-15)8-2-9-18/h5-6,11,15,17H,1-4,7-10,12,19H2. The van der Waals surface area contributed by atoms with Gasteiger partial charge in [-0.1, -0.05) is 6.07 Å². The smallest absolute Gasteiger partial charge is 0.120 e. The zero-order valence-corrected chi connectivity index (χ0v) is 12.6. The van der Waals surface area contributed by atoms with Crippen LogP contribution >= 0.6 is 0 Å². The third kappa shape index (κ3) is 2.58. The Morgan fingerprint density at radius 3 is 2.90 bits per heavy atom. The van der Waals surface area contributed by atoms with Gasteiger partial charge in [-0.25, -0.2) is 0 Å². The van der Waals surface area contributed by atoms with Gasteiger partial charge in [0.05, 0.1) is 12.2 Å². The van der Waals surface area contributed by atoms with E-state index in [2.05, 4.69) is 18.2 Å². The number of aryl methyl sites for hydroxylation is 1. The molecule has 4 rings (SSSR count). The highest BCUT2D eigenvalue weighted by molar-refractivity contribution is 5.39. The summed E-state index contributed by atoms with van der Waals surface area (Å²) >= 11 is 0. The molecule has 3 heteroatoms. The van der Waals surface area contributed by atoms with E-state index in [4.69, 9.17) is 15.2 Å². The van der Waals surface area contributed by atoms with Crippen molar-refractivity contribution in [1.29, 1.82) is 0 Å². The predicted octanol–water partition coefficient (Wildman–Crippen LogP) is 3.50. The van der Waals surface area contributed by atoms with E-state index < -0.39 is 0 Å². The molecule has 2 aliphatic carbocycles. The van der Waals surface area contributed by atoms with Crippen molar-refractivity contribution in [2.24, 2.45) is 5.73 Å². The molecule has 1 aromatic rings. The Morgan fingerprint density at radius 2 is 2.10 bits per heavy atom. The van der Waals surface area contributed by atoms with Crippen molar-refractivity contribution in [3.63, 3.8) is 0 Å². The molecule has 0 aromatic heterocycles. The Kier molecular flexibility index (Phi) is 3.43. The van der Waals surface area contributed by atoms with Crippen LogP contribution in [0.25, 0.3) is 0 Å². The van der Waals surface area contributed by atoms with E-state index in [0.29, 0.717) is 6.10 Å². The SMILES string of the molecule is NC1CCCc2ccc(OC3CCOC4(CCC4)C3)cc21. The highest BCUT2D eigenvalue weighted by Crippen LogP contribution is 2.43. The largest absolute Gasteiger partial charge is 0.490 e. The molecular weight excluding hydrogens is 262 g/mol. The fourth-order valence-electron chi connectivity index (χ4n) is 4.08. The van der Waals surface area contributed by atoms with Crippen molar-refractivity contribution < 1.29 is 9.47 Å². The summed E-state index contributed by atoms with van der Waals surface area (Å²) < 4.78 is 12.2. The zero-order chi connectivity index (χ0) is 14.3. The molecule has 2 N–H and O–H groups in total. The molecular formula is C18H25NO2. The Hall–Kier alpha value is -1.06. The van der Waals surface area contributed by atoms with Crippen LogP contribution < -0.4 is 10.5 Å². The fraction of sp³-hybridized carbons (Fsp3) is 0.667. The molecule has 0 amide bonds. The van der Waals surface area contributed by atoms with Crippen LogP contribution in [0.3, 0.4) is 0 Å². The second-order valence-corrected chi connectivity index (χ2v) is 6.98. The topological polar surface area (TPSA) is 44.5 Å². The third-order valence-corrected chi connectivity index (χ3v) is 5.49. The number of rotatable bonds is 2. The maximum atomic E-state index is 6.27. The van der Waals surface area contributed by atoms with Gasteiger partial charge in [0.1, 0.15) is 11.9 Å². The van der Waals surface area contributed by atoms with Gasteiger partial charge < -0.3 is 15.2 Å². The average Bonchev–Trinajstić information content (AvgIpc) is 2.47. The van der Waals surface area contributed by atoms with Crippen LogP contribution in [-0.2, 0) is 11.2 Å². The molecule has 1 aliphatic heterocycles. The van der Waals surface area contributed by atoms with Gasteiger partial charge in [-0.15, -0.1) is 0 Å². The van der Waals surface area contributed by atoms with E-state index in [1.807, 2.05) is 0 Å². The molecule has 3 nitrogen and oxygen atoms in total. The summed E-state index contributed by atoms with van der Waals surface area (Å²) in [5.74, 6) is 0.993. The second kappa shape index (κ2) is 5.29. The van der Waals surface area contributed by atoms with Crippen molar-refractivity contribution in [1.82, 2.24) is 0 Å². The van der Waals surface area contributed by atoms with Gasteiger partial charge in [-0.3, -0.25) is 0 Å². The first-order chi connectivity index (χ1) is 10.2. The molecule has 1 heterocycles. The molecule has 2 unspecified atom stereocenters. The fourth-order valence-corrected chi connectivity index (χ4v) is 4.08. The number of hydrogen-bond acceptors (Lipinski definition) is 3. The lowest BCUT2D eigenvalue weighted by Gasteiger charge is -2.46. The predicted molar refractivity (Wildman–Crippen MR) is 82.5 cm³/mol. The summed E-state index contributed by atoms with van der Waals surface area (Å²) in [5.41, 5.74) is 9.09. The van der Waals surface area contributed by atoms with Crippen LogP contribution in [0, 0.1) is 0 Å². The van der Waals surface area contributed by atoms with E-state index in [0.717, 1.165) is 38.0 Å². The van der Waals surface area contributed by atoms with Gasteiger partial charge in [0.25, 0.3) is 0 Å². The van der Waals surface area contributed by atoms with E-state index in [1.54, 1.807) is 0 Å². The molecule has 0 radical (unpaired) electrons. The van der Waals surface area contributed by atoms with Crippen LogP contribution in [0.1, 0.15) is 62.1 Å². The molecule has 21 heavy (non-hydrogen) atoms. The Morgan fingerprint density at radius 1 is 1.19 bits per heavy atom. The van der Waals surface area contributed by atoms with Gasteiger partial charge >= 0.3 is 0 Å². The maximum Gasteiger partial charge on any atom is 0.120 e. The Labute approximate surface area is 126 Å². The van der Waals surface area contributed by atoms with Gasteiger partial charge in [-0.2, -0.15) is 0 Å². The summed E-state index contributed by atoms with van der Waals surface area (Å²) in [4.78, 5) is 0. The van der Waals surface area contributed by atoms with Crippen molar-refractivity contribution in [3.8, 4) is 5.75 Å². The molecule has 1 saturated heterocycles. The summed E-state index contributed by atoms with van der Waals surface area (Å²) in [7, 11) is 0. The summed E-state index contributed by atoms with van der Waals surface area (Å²) in [6, 6.07) is 6.70. The van der Waals surface area contributed by atoms with Crippen LogP contribution in [0.15, 0.2) is 18.2 Å². The first-order valence-electron chi connectivity index (χ1n) is 8.43. The van der Waals surface area contributed by atoms with Gasteiger partial charge in [-0.05, 0) is 61.8 Å². The monoisotopic (exact) mass is 287 g/mol. The maximum absolute atomic E-state index is 6.27. The van der Waals surface area contributed by atoms with E-state index in [1.165, 1.54) is 36.8 Å². The Bertz CT molecular complexity index is 524. The van der Waals surface area contributed by atoms with E-state index in [9.17, 15) is 0 Å². The van der Waals surface area contributed by atoms with E-state index >= 15 is 0 Å². The van der Waals surface area contributed by atoms with Crippen LogP contribution in [0.2, 0.25) is 0 Å². The summed E-state index contributed by atoms with van der Waals surface area (Å²) in [6.45, 7) is 0.842. The van der Waals surface area contributed by atoms with Crippen molar-refractivity contribution in [2.45, 2.75) is 69.1 Å². The molecule has 1 spiro atoms. The van der Waals surface area contributed by atoms with E-state index in [-0.39, 0.29) is 11.6 Å². The van der Waals surface area contributed by atoms with Crippen molar-refractivity contribution in [2.75, 3.05) is 6.61 Å². The highest BCUT2D eigenvalue weighted by atomic mass is 16.5. The van der Waals surface area contributed by atoms with Crippen LogP contribution in [-0.4, -0.2) is 18.3 Å². The zero-order valence-electron chi connectivity index (χ0n) is 12.6. The quantitative estimate of drug-likeness (QED) is 0.905. The molecule has 1 saturated carbocycles. The number of ether oxygens (including phenoxy) is 2. The third-order valence-electron chi connectivity index (χ3n) is 5.49.